The van der Waals surface area contributed by atoms with Gasteiger partial charge in [-0.3, -0.25) is 0 Å². The van der Waals surface area contributed by atoms with Gasteiger partial charge in [-0.1, -0.05) is 291 Å². The SMILES string of the molecule is c1ccc(-c2cc(-c3cc(-n4c5ccccc5c5cc(-c6ccc7c(c6)c6ccccc6n7-c6ccccc6)ccc54)cc4c3sc3ccccc34)nc(-c3ccccc3)n2)cc1.c1ccc(-c2cc(-c3ccccc3)nc(-c3cc(-n4c5ccccc5c5cc(-c6ccc7c(c6)c6ccccc6n7-c6ccccc6)ccc54)cc4c3sc3ccccc34)n2)cc1. The fourth-order valence-corrected chi connectivity index (χ4v) is 21.7. The quantitative estimate of drug-likeness (QED) is 0.122. The molecule has 0 saturated heterocycles. The van der Waals surface area contributed by atoms with Crippen molar-refractivity contribution in [1.82, 2.24) is 38.2 Å². The van der Waals surface area contributed by atoms with Gasteiger partial charge in [-0.2, -0.15) is 0 Å². The Bertz CT molecular complexity index is 8200. The highest BCUT2D eigenvalue weighted by molar-refractivity contribution is 7.26. The first kappa shape index (κ1) is 72.6. The maximum atomic E-state index is 5.36. The lowest BCUT2D eigenvalue weighted by molar-refractivity contribution is 1.17. The van der Waals surface area contributed by atoms with Crippen molar-refractivity contribution >= 4 is 150 Å². The normalized spacial score (nSPS) is 11.8. The van der Waals surface area contributed by atoms with Gasteiger partial charge in [-0.05, 0) is 168 Å². The Balaban J connectivity index is 0.000000137. The third kappa shape index (κ3) is 12.2. The first-order valence-electron chi connectivity index (χ1n) is 42.6. The van der Waals surface area contributed by atoms with Crippen molar-refractivity contribution in [3.63, 3.8) is 0 Å². The summed E-state index contributed by atoms with van der Waals surface area (Å²) in [6, 6.07) is 157. The lowest BCUT2D eigenvalue weighted by Gasteiger charge is -2.14. The molecule has 8 nitrogen and oxygen atoms in total. The monoisotopic (exact) mass is 1640 g/mol. The highest BCUT2D eigenvalue weighted by Crippen LogP contribution is 2.49. The molecule has 26 rings (SSSR count). The van der Waals surface area contributed by atoms with Crippen molar-refractivity contribution in [2.45, 2.75) is 0 Å². The van der Waals surface area contributed by atoms with Crippen LogP contribution in [0, 0.1) is 0 Å². The molecular formula is C116H72N8S2. The van der Waals surface area contributed by atoms with E-state index < -0.39 is 0 Å². The molecule has 0 bridgehead atoms. The molecule has 0 aliphatic heterocycles. The van der Waals surface area contributed by atoms with Gasteiger partial charge in [0, 0.05) is 140 Å². The summed E-state index contributed by atoms with van der Waals surface area (Å²) in [4.78, 5) is 21.2. The maximum Gasteiger partial charge on any atom is 0.161 e. The molecule has 0 aliphatic rings. The number of fused-ring (bicyclic) bond motifs is 18. The van der Waals surface area contributed by atoms with E-state index in [1.165, 1.54) is 128 Å². The molecule has 588 valence electrons. The number of rotatable bonds is 12. The number of aromatic nitrogens is 8. The van der Waals surface area contributed by atoms with Crippen molar-refractivity contribution < 1.29 is 0 Å². The molecule has 126 heavy (non-hydrogen) atoms. The third-order valence-corrected chi connectivity index (χ3v) is 27.5. The Morgan fingerprint density at radius 2 is 0.429 bits per heavy atom. The van der Waals surface area contributed by atoms with Crippen LogP contribution in [0.2, 0.25) is 0 Å². The zero-order valence-electron chi connectivity index (χ0n) is 68.0. The summed E-state index contributed by atoms with van der Waals surface area (Å²) in [7, 11) is 0. The van der Waals surface area contributed by atoms with Gasteiger partial charge in [0.05, 0.1) is 66.9 Å². The third-order valence-electron chi connectivity index (χ3n) is 25.0. The van der Waals surface area contributed by atoms with E-state index in [2.05, 4.69) is 431 Å². The van der Waals surface area contributed by atoms with Gasteiger partial charge in [-0.25, -0.2) is 19.9 Å². The molecule has 0 aliphatic carbocycles. The standard InChI is InChI=1S/2C58H36N4S/c1-4-16-37(17-5-1)50-36-51(60-58(59-50)38-18-6-2-7-19-38)49-35-42(34-48-45-24-12-15-27-56(45)63-57(48)49)62-53-26-14-11-23-44(53)47-33-40(29-31-55(47)62)39-28-30-54-46(32-39)43-22-10-13-25-52(43)61(54)41-20-8-3-9-21-41;1-4-16-37(17-5-1)50-36-51(38-18-6-2-7-19-38)60-58(59-50)49-35-42(34-48-45-24-12-15-27-56(45)63-57(48)49)62-53-26-14-11-23-44(53)47-33-40(29-31-55(47)62)39-28-30-54-46(32-39)43-22-10-13-25-52(43)61(54)41-20-8-3-9-21-41/h2*1-36H. The van der Waals surface area contributed by atoms with Crippen LogP contribution < -0.4 is 0 Å². The minimum absolute atomic E-state index is 0.707. The van der Waals surface area contributed by atoms with Gasteiger partial charge >= 0.3 is 0 Å². The Labute approximate surface area is 732 Å². The lowest BCUT2D eigenvalue weighted by atomic mass is 10.0. The van der Waals surface area contributed by atoms with Crippen LogP contribution in [0.15, 0.2) is 437 Å². The van der Waals surface area contributed by atoms with Crippen molar-refractivity contribution in [1.29, 1.82) is 0 Å². The first-order valence-corrected chi connectivity index (χ1v) is 44.3. The van der Waals surface area contributed by atoms with Crippen molar-refractivity contribution in [3.05, 3.63) is 437 Å². The largest absolute Gasteiger partial charge is 0.309 e. The van der Waals surface area contributed by atoms with Crippen LogP contribution in [0.25, 0.3) is 240 Å². The van der Waals surface area contributed by atoms with E-state index in [1.54, 1.807) is 0 Å². The molecule has 0 fully saturated rings. The van der Waals surface area contributed by atoms with Crippen LogP contribution in [0.1, 0.15) is 0 Å². The van der Waals surface area contributed by atoms with Crippen LogP contribution in [0.5, 0.6) is 0 Å². The first-order chi connectivity index (χ1) is 62.5. The van der Waals surface area contributed by atoms with Crippen LogP contribution in [-0.4, -0.2) is 38.2 Å². The molecule has 0 atom stereocenters. The minimum atomic E-state index is 0.707. The summed E-state index contributed by atoms with van der Waals surface area (Å²) in [6.07, 6.45) is 0. The second-order valence-electron chi connectivity index (χ2n) is 32.3. The number of thiophene rings is 2. The van der Waals surface area contributed by atoms with E-state index in [0.717, 1.165) is 101 Å². The molecule has 18 aromatic carbocycles. The minimum Gasteiger partial charge on any atom is -0.309 e. The molecule has 0 saturated carbocycles. The average molecular weight is 1640 g/mol. The van der Waals surface area contributed by atoms with Crippen molar-refractivity contribution in [2.75, 3.05) is 0 Å². The molecule has 0 unspecified atom stereocenters. The average Bonchev–Trinajstić information content (AvgIpc) is 1.57. The van der Waals surface area contributed by atoms with Gasteiger partial charge < -0.3 is 18.3 Å². The molecule has 0 amide bonds. The summed E-state index contributed by atoms with van der Waals surface area (Å²) in [5.74, 6) is 1.42. The van der Waals surface area contributed by atoms with E-state index >= 15 is 0 Å². The van der Waals surface area contributed by atoms with Crippen LogP contribution in [-0.2, 0) is 0 Å². The summed E-state index contributed by atoms with van der Waals surface area (Å²) >= 11 is 3.64. The summed E-state index contributed by atoms with van der Waals surface area (Å²) in [6.45, 7) is 0. The molecule has 10 heteroatoms. The summed E-state index contributed by atoms with van der Waals surface area (Å²) in [5, 5.41) is 14.7. The van der Waals surface area contributed by atoms with Crippen LogP contribution in [0.3, 0.4) is 0 Å². The zero-order valence-corrected chi connectivity index (χ0v) is 69.6. The predicted molar refractivity (Wildman–Crippen MR) is 531 cm³/mol. The maximum absolute atomic E-state index is 5.36. The molecule has 0 N–H and O–H groups in total. The molecule has 8 heterocycles. The summed E-state index contributed by atoms with van der Waals surface area (Å²) < 4.78 is 14.5. The van der Waals surface area contributed by atoms with E-state index in [9.17, 15) is 0 Å². The van der Waals surface area contributed by atoms with Gasteiger partial charge in [0.1, 0.15) is 0 Å². The zero-order chi connectivity index (χ0) is 82.9. The van der Waals surface area contributed by atoms with Crippen LogP contribution >= 0.6 is 22.7 Å². The van der Waals surface area contributed by atoms with Crippen molar-refractivity contribution in [2.24, 2.45) is 0 Å². The van der Waals surface area contributed by atoms with Gasteiger partial charge in [0.25, 0.3) is 0 Å². The van der Waals surface area contributed by atoms with E-state index in [1.807, 2.05) is 46.9 Å². The fourth-order valence-electron chi connectivity index (χ4n) is 19.3. The molecule has 26 aromatic rings. The Hall–Kier alpha value is -16.2. The lowest BCUT2D eigenvalue weighted by Crippen LogP contribution is -1.99. The van der Waals surface area contributed by atoms with E-state index in [-0.39, 0.29) is 0 Å². The van der Waals surface area contributed by atoms with Gasteiger partial charge in [0.15, 0.2) is 11.6 Å². The number of benzene rings is 18. The van der Waals surface area contributed by atoms with E-state index in [4.69, 9.17) is 19.9 Å². The number of nitrogens with zero attached hydrogens (tertiary/aromatic N) is 8. The van der Waals surface area contributed by atoms with Crippen molar-refractivity contribution in [3.8, 4) is 113 Å². The Kier molecular flexibility index (Phi) is 17.2. The molecule has 8 aromatic heterocycles. The second-order valence-corrected chi connectivity index (χ2v) is 34.4. The van der Waals surface area contributed by atoms with Gasteiger partial charge in [0.2, 0.25) is 0 Å². The highest BCUT2D eigenvalue weighted by atomic mass is 32.1. The second kappa shape index (κ2) is 29.8. The smallest absolute Gasteiger partial charge is 0.161 e. The Morgan fingerprint density at radius 1 is 0.159 bits per heavy atom. The van der Waals surface area contributed by atoms with E-state index in [0.29, 0.717) is 11.6 Å². The fraction of sp³-hybridized carbons (Fsp3) is 0. The summed E-state index contributed by atoms with van der Waals surface area (Å²) in [5.41, 5.74) is 28.5. The van der Waals surface area contributed by atoms with Gasteiger partial charge in [-0.15, -0.1) is 22.7 Å². The predicted octanol–water partition coefficient (Wildman–Crippen LogP) is 31.4. The number of para-hydroxylation sites is 6. The Morgan fingerprint density at radius 3 is 0.802 bits per heavy atom. The van der Waals surface area contributed by atoms with Crippen LogP contribution in [0.4, 0.5) is 0 Å². The highest BCUT2D eigenvalue weighted by Gasteiger charge is 2.26. The molecular weight excluding hydrogens is 1570 g/mol. The molecule has 0 radical (unpaired) electrons. The topological polar surface area (TPSA) is 71.3 Å². The number of hydrogen-bond acceptors (Lipinski definition) is 6. The number of hydrogen-bond donors (Lipinski definition) is 0. The molecule has 0 spiro atoms.